The molecule has 0 aliphatic carbocycles. The largest absolute Gasteiger partial charge is 0.394 e. The van der Waals surface area contributed by atoms with Crippen molar-refractivity contribution in [1.29, 1.82) is 0 Å². The number of carbonyl (C=O) groups is 1. The molecule has 0 saturated carbocycles. The molecule has 0 bridgehead atoms. The maximum atomic E-state index is 13.4. The molecule has 85 heavy (non-hydrogen) atoms. The van der Waals surface area contributed by atoms with Gasteiger partial charge in [0.15, 0.2) is 18.9 Å². The van der Waals surface area contributed by atoms with E-state index < -0.39 is 124 Å². The molecule has 0 radical (unpaired) electrons. The molecule has 0 aromatic heterocycles. The Morgan fingerprint density at radius 2 is 0.812 bits per heavy atom. The topological polar surface area (TPSA) is 307 Å². The zero-order valence-corrected chi connectivity index (χ0v) is 51.3. The van der Waals surface area contributed by atoms with Gasteiger partial charge in [-0.3, -0.25) is 4.79 Å². The van der Waals surface area contributed by atoms with Gasteiger partial charge in [-0.25, -0.2) is 0 Å². The lowest BCUT2D eigenvalue weighted by molar-refractivity contribution is -0.379. The molecule has 19 heteroatoms. The molecule has 1 amide bonds. The zero-order chi connectivity index (χ0) is 61.9. The maximum absolute atomic E-state index is 13.4. The fraction of sp³-hybridized carbons (Fsp3) is 0.773. The number of aliphatic hydroxyl groups excluding tert-OH is 11. The molecule has 12 N–H and O–H groups in total. The lowest BCUT2D eigenvalue weighted by atomic mass is 9.96. The Bertz CT molecular complexity index is 1880. The van der Waals surface area contributed by atoms with E-state index in [1.165, 1.54) is 44.9 Å². The summed E-state index contributed by atoms with van der Waals surface area (Å²) in [5, 5.41) is 120. The molecule has 3 fully saturated rings. The highest BCUT2D eigenvalue weighted by molar-refractivity contribution is 5.76. The first-order chi connectivity index (χ1) is 41.3. The molecular formula is C66H113NO18. The highest BCUT2D eigenvalue weighted by Gasteiger charge is 2.53. The third kappa shape index (κ3) is 30.8. The molecule has 3 heterocycles. The summed E-state index contributed by atoms with van der Waals surface area (Å²) in [7, 11) is 0. The van der Waals surface area contributed by atoms with Crippen molar-refractivity contribution in [3.05, 3.63) is 85.1 Å². The van der Waals surface area contributed by atoms with E-state index in [9.17, 15) is 61.0 Å². The van der Waals surface area contributed by atoms with Gasteiger partial charge >= 0.3 is 0 Å². The van der Waals surface area contributed by atoms with Crippen LogP contribution in [0.25, 0.3) is 0 Å². The maximum Gasteiger partial charge on any atom is 0.220 e. The molecule has 3 saturated heterocycles. The second kappa shape index (κ2) is 47.9. The van der Waals surface area contributed by atoms with Gasteiger partial charge in [0, 0.05) is 6.42 Å². The fourth-order valence-electron chi connectivity index (χ4n) is 10.5. The number of amides is 1. The molecular weight excluding hydrogens is 1090 g/mol. The van der Waals surface area contributed by atoms with Crippen LogP contribution < -0.4 is 5.32 Å². The van der Waals surface area contributed by atoms with Crippen LogP contribution in [-0.4, -0.2) is 193 Å². The van der Waals surface area contributed by atoms with Crippen LogP contribution in [0.1, 0.15) is 194 Å². The van der Waals surface area contributed by atoms with Crippen molar-refractivity contribution >= 4 is 5.91 Å². The SMILES string of the molecule is CC/C=C\C/C=C\C/C=C\C/C=C\C/C=C\C/C=C\C/C=C\CCCCCCCCCC(=O)NC(COC1OC(CO)C(OC2OC(CO)C(OC3OC(CO)C(O)C(O)C3O)C(O)C2O)C(O)C1O)C(O)CCCCCCCCCCCCC. The fourth-order valence-corrected chi connectivity index (χ4v) is 10.5. The summed E-state index contributed by atoms with van der Waals surface area (Å²) in [6.45, 7) is 1.63. The Labute approximate surface area is 508 Å². The Hall–Kier alpha value is -3.03. The van der Waals surface area contributed by atoms with Crippen LogP contribution in [0, 0.1) is 0 Å². The number of hydrogen-bond acceptors (Lipinski definition) is 18. The van der Waals surface area contributed by atoms with Gasteiger partial charge in [-0.15, -0.1) is 0 Å². The van der Waals surface area contributed by atoms with E-state index in [1.54, 1.807) is 0 Å². The minimum absolute atomic E-state index is 0.248. The minimum Gasteiger partial charge on any atom is -0.394 e. The number of nitrogens with one attached hydrogen (secondary N) is 1. The number of aliphatic hydroxyl groups is 11. The second-order valence-electron chi connectivity index (χ2n) is 22.8. The van der Waals surface area contributed by atoms with Crippen LogP contribution >= 0.6 is 0 Å². The van der Waals surface area contributed by atoms with Crippen molar-refractivity contribution < 1.29 is 89.4 Å². The van der Waals surface area contributed by atoms with Crippen molar-refractivity contribution in [1.82, 2.24) is 5.32 Å². The number of rotatable bonds is 47. The Morgan fingerprint density at radius 1 is 0.435 bits per heavy atom. The predicted octanol–water partition coefficient (Wildman–Crippen LogP) is 7.15. The van der Waals surface area contributed by atoms with Crippen LogP contribution in [0.15, 0.2) is 85.1 Å². The third-order valence-electron chi connectivity index (χ3n) is 15.7. The van der Waals surface area contributed by atoms with Crippen LogP contribution in [0.4, 0.5) is 0 Å². The molecule has 3 rings (SSSR count). The molecule has 0 aromatic carbocycles. The molecule has 490 valence electrons. The van der Waals surface area contributed by atoms with E-state index in [1.807, 2.05) is 0 Å². The lowest BCUT2D eigenvalue weighted by Crippen LogP contribution is -2.66. The molecule has 19 nitrogen and oxygen atoms in total. The Kier molecular flexibility index (Phi) is 43.0. The van der Waals surface area contributed by atoms with Gasteiger partial charge < -0.3 is 89.9 Å². The summed E-state index contributed by atoms with van der Waals surface area (Å²) >= 11 is 0. The smallest absolute Gasteiger partial charge is 0.220 e. The molecule has 0 spiro atoms. The molecule has 3 aliphatic heterocycles. The highest BCUT2D eigenvalue weighted by atomic mass is 16.8. The average Bonchev–Trinajstić information content (AvgIpc) is 3.05. The lowest BCUT2D eigenvalue weighted by Gasteiger charge is -2.48. The number of ether oxygens (including phenoxy) is 6. The quantitative estimate of drug-likeness (QED) is 0.0213. The summed E-state index contributed by atoms with van der Waals surface area (Å²) in [5.74, 6) is -0.260. The number of unbranched alkanes of at least 4 members (excludes halogenated alkanes) is 17. The Balaban J connectivity index is 1.41. The van der Waals surface area contributed by atoms with Crippen molar-refractivity contribution in [2.24, 2.45) is 0 Å². The van der Waals surface area contributed by atoms with E-state index in [4.69, 9.17) is 28.4 Å². The van der Waals surface area contributed by atoms with Crippen molar-refractivity contribution in [2.75, 3.05) is 26.4 Å². The van der Waals surface area contributed by atoms with E-state index >= 15 is 0 Å². The summed E-state index contributed by atoms with van der Waals surface area (Å²) in [4.78, 5) is 13.4. The summed E-state index contributed by atoms with van der Waals surface area (Å²) < 4.78 is 34.3. The van der Waals surface area contributed by atoms with Gasteiger partial charge in [-0.2, -0.15) is 0 Å². The third-order valence-corrected chi connectivity index (χ3v) is 15.7. The van der Waals surface area contributed by atoms with Gasteiger partial charge in [0.1, 0.15) is 73.2 Å². The second-order valence-corrected chi connectivity index (χ2v) is 22.8. The van der Waals surface area contributed by atoms with E-state index in [-0.39, 0.29) is 18.9 Å². The van der Waals surface area contributed by atoms with Crippen LogP contribution in [-0.2, 0) is 33.2 Å². The zero-order valence-electron chi connectivity index (χ0n) is 51.3. The molecule has 17 unspecified atom stereocenters. The summed E-state index contributed by atoms with van der Waals surface area (Å²) in [5.41, 5.74) is 0. The summed E-state index contributed by atoms with van der Waals surface area (Å²) in [6.07, 6.45) is 32.4. The van der Waals surface area contributed by atoms with Crippen LogP contribution in [0.3, 0.4) is 0 Å². The average molecular weight is 1210 g/mol. The van der Waals surface area contributed by atoms with Gasteiger partial charge in [0.05, 0.1) is 38.6 Å². The van der Waals surface area contributed by atoms with Crippen LogP contribution in [0.2, 0.25) is 0 Å². The normalized spacial score (nSPS) is 29.5. The number of allylic oxidation sites excluding steroid dienone is 14. The van der Waals surface area contributed by atoms with Gasteiger partial charge in [0.25, 0.3) is 0 Å². The molecule has 17 atom stereocenters. The first-order valence-electron chi connectivity index (χ1n) is 32.3. The van der Waals surface area contributed by atoms with E-state index in [0.29, 0.717) is 12.8 Å². The molecule has 3 aliphatic rings. The van der Waals surface area contributed by atoms with Crippen molar-refractivity contribution in [3.8, 4) is 0 Å². The standard InChI is InChI=1S/C66H113NO18/c1-3-5-7-9-11-13-15-16-17-18-19-20-21-22-23-24-25-26-27-28-29-30-31-32-34-36-38-40-42-44-54(72)67-49(50(71)43-41-39-37-35-33-14-12-10-8-6-4-2)48-80-64-60(78)57(75)62(52(46-69)82-64)85-66-61(79)58(76)63(53(47-70)83-66)84-65-59(77)56(74)55(73)51(45-68)81-65/h5,7,11,13,16-17,19-20,22-23,25-26,28-29,49-53,55-66,68-71,73-79H,3-4,6,8-10,12,14-15,18,21,24,27,30-48H2,1-2H3,(H,67,72)/b7-5-,13-11-,17-16-,20-19-,23-22-,26-25-,29-28-. The monoisotopic (exact) mass is 1210 g/mol. The first-order valence-corrected chi connectivity index (χ1v) is 32.3. The highest BCUT2D eigenvalue weighted by Crippen LogP contribution is 2.33. The minimum atomic E-state index is -1.98. The van der Waals surface area contributed by atoms with Crippen molar-refractivity contribution in [3.63, 3.8) is 0 Å². The van der Waals surface area contributed by atoms with Gasteiger partial charge in [-0.05, 0) is 70.6 Å². The van der Waals surface area contributed by atoms with Gasteiger partial charge in [-0.1, -0.05) is 202 Å². The first kappa shape index (κ1) is 76.2. The number of carbonyl (C=O) groups excluding carboxylic acids is 1. The predicted molar refractivity (Wildman–Crippen MR) is 328 cm³/mol. The van der Waals surface area contributed by atoms with Gasteiger partial charge in [0.2, 0.25) is 5.91 Å². The summed E-state index contributed by atoms with van der Waals surface area (Å²) in [6, 6.07) is -0.898. The van der Waals surface area contributed by atoms with E-state index in [2.05, 4.69) is 104 Å². The molecule has 0 aromatic rings. The Morgan fingerprint density at radius 3 is 1.27 bits per heavy atom. The van der Waals surface area contributed by atoms with Crippen LogP contribution in [0.5, 0.6) is 0 Å². The number of hydrogen-bond donors (Lipinski definition) is 12. The van der Waals surface area contributed by atoms with E-state index in [0.717, 1.165) is 116 Å². The van der Waals surface area contributed by atoms with Crippen molar-refractivity contribution in [2.45, 2.75) is 298 Å².